The second-order valence-corrected chi connectivity index (χ2v) is 6.87. The number of alkyl halides is 3. The van der Waals surface area contributed by atoms with E-state index in [4.69, 9.17) is 0 Å². The maximum absolute atomic E-state index is 12.9. The molecule has 0 spiro atoms. The molecule has 0 aromatic carbocycles. The van der Waals surface area contributed by atoms with E-state index in [0.29, 0.717) is 11.9 Å². The topological polar surface area (TPSA) is 97.6 Å². The molecule has 1 saturated carbocycles. The Morgan fingerprint density at radius 1 is 1.07 bits per heavy atom. The summed E-state index contributed by atoms with van der Waals surface area (Å²) < 4.78 is 39.5. The van der Waals surface area contributed by atoms with Crippen molar-refractivity contribution in [3.05, 3.63) is 60.6 Å². The van der Waals surface area contributed by atoms with Crippen LogP contribution >= 0.6 is 0 Å². The van der Waals surface area contributed by atoms with Crippen molar-refractivity contribution in [2.45, 2.75) is 37.5 Å². The van der Waals surface area contributed by atoms with E-state index in [1.807, 2.05) is 0 Å². The van der Waals surface area contributed by atoms with Gasteiger partial charge in [0.15, 0.2) is 11.4 Å². The molecular formula is C19H18F3N7O. The van der Waals surface area contributed by atoms with Gasteiger partial charge in [-0.25, -0.2) is 19.6 Å². The highest BCUT2D eigenvalue weighted by molar-refractivity contribution is 5.96. The lowest BCUT2D eigenvalue weighted by Gasteiger charge is -2.23. The highest BCUT2D eigenvalue weighted by Crippen LogP contribution is 2.28. The van der Waals surface area contributed by atoms with Crippen LogP contribution in [0.15, 0.2) is 49.2 Å². The van der Waals surface area contributed by atoms with Gasteiger partial charge >= 0.3 is 6.18 Å². The zero-order chi connectivity index (χ0) is 21.1. The smallest absolute Gasteiger partial charge is 0.364 e. The highest BCUT2D eigenvalue weighted by Gasteiger charge is 2.33. The number of hydrogen-bond acceptors (Lipinski definition) is 6. The van der Waals surface area contributed by atoms with Gasteiger partial charge in [-0.1, -0.05) is 0 Å². The molecule has 156 valence electrons. The second kappa shape index (κ2) is 8.09. The van der Waals surface area contributed by atoms with Gasteiger partial charge in [-0.2, -0.15) is 18.3 Å². The minimum Gasteiger partial charge on any atom is -0.364 e. The number of amides is 1. The molecule has 1 aliphatic carbocycles. The van der Waals surface area contributed by atoms with Crippen molar-refractivity contribution >= 4 is 11.7 Å². The Morgan fingerprint density at radius 2 is 1.90 bits per heavy atom. The predicted molar refractivity (Wildman–Crippen MR) is 101 cm³/mol. The van der Waals surface area contributed by atoms with E-state index in [1.165, 1.54) is 6.20 Å². The number of carbonyl (C=O) groups is 1. The van der Waals surface area contributed by atoms with Crippen LogP contribution in [0, 0.1) is 0 Å². The molecule has 2 N–H and O–H groups in total. The number of carbonyl (C=O) groups excluding carboxylic acids is 1. The van der Waals surface area contributed by atoms with Crippen LogP contribution in [0.5, 0.6) is 0 Å². The molecule has 1 amide bonds. The first kappa shape index (κ1) is 19.8. The van der Waals surface area contributed by atoms with Crippen LogP contribution in [0.3, 0.4) is 0 Å². The molecule has 30 heavy (non-hydrogen) atoms. The van der Waals surface area contributed by atoms with Gasteiger partial charge in [-0.05, 0) is 37.5 Å². The van der Waals surface area contributed by atoms with Gasteiger partial charge in [0.05, 0.1) is 18.1 Å². The maximum Gasteiger partial charge on any atom is 0.434 e. The first-order chi connectivity index (χ1) is 14.4. The predicted octanol–water partition coefficient (Wildman–Crippen LogP) is 2.84. The number of halogens is 3. The number of pyridine rings is 1. The molecule has 4 rings (SSSR count). The molecule has 0 saturated heterocycles. The Hall–Kier alpha value is -3.50. The Bertz CT molecular complexity index is 1010. The summed E-state index contributed by atoms with van der Waals surface area (Å²) in [5.74, 6) is -0.123. The molecular weight excluding hydrogens is 399 g/mol. The minimum atomic E-state index is -4.54. The van der Waals surface area contributed by atoms with Crippen molar-refractivity contribution in [1.29, 1.82) is 0 Å². The van der Waals surface area contributed by atoms with Gasteiger partial charge in [-0.15, -0.1) is 0 Å². The van der Waals surface area contributed by atoms with Crippen molar-refractivity contribution in [3.63, 3.8) is 0 Å². The zero-order valence-electron chi connectivity index (χ0n) is 15.7. The molecule has 3 aromatic heterocycles. The average molecular weight is 417 g/mol. The van der Waals surface area contributed by atoms with Crippen LogP contribution < -0.4 is 10.6 Å². The Balaban J connectivity index is 1.45. The molecule has 3 aromatic rings. The Labute approximate surface area is 169 Å². The lowest BCUT2D eigenvalue weighted by molar-refractivity contribution is -0.141. The van der Waals surface area contributed by atoms with Gasteiger partial charge < -0.3 is 10.6 Å². The van der Waals surface area contributed by atoms with Crippen molar-refractivity contribution in [2.24, 2.45) is 0 Å². The van der Waals surface area contributed by atoms with Gasteiger partial charge in [-0.3, -0.25) is 4.79 Å². The summed E-state index contributed by atoms with van der Waals surface area (Å²) in [6, 6.07) is 4.80. The van der Waals surface area contributed by atoms with E-state index in [-0.39, 0.29) is 29.5 Å². The molecule has 11 heteroatoms. The maximum atomic E-state index is 12.9. The van der Waals surface area contributed by atoms with Crippen molar-refractivity contribution in [3.8, 4) is 5.69 Å². The standard InChI is InChI=1S/C19H18F3N7O/c20-19(21,22)15-10-25-16(11-24-15)27-12-4-1-5-13(12)28-18(30)17-14(6-2-7-23-17)29-9-3-8-26-29/h2-3,6-13H,1,4-5H2,(H,25,27)(H,28,30)/t12-,13?/m0/s1. The minimum absolute atomic E-state index is 0.183. The van der Waals surface area contributed by atoms with Crippen LogP contribution in [-0.4, -0.2) is 42.7 Å². The molecule has 0 bridgehead atoms. The van der Waals surface area contributed by atoms with Crippen LogP contribution in [0.25, 0.3) is 5.69 Å². The molecule has 1 unspecified atom stereocenters. The van der Waals surface area contributed by atoms with Gasteiger partial charge in [0.25, 0.3) is 5.91 Å². The third-order valence-electron chi connectivity index (χ3n) is 4.86. The number of nitrogens with zero attached hydrogens (tertiary/aromatic N) is 5. The van der Waals surface area contributed by atoms with E-state index in [2.05, 4.69) is 30.7 Å². The first-order valence-corrected chi connectivity index (χ1v) is 9.33. The van der Waals surface area contributed by atoms with Crippen LogP contribution in [0.4, 0.5) is 19.0 Å². The van der Waals surface area contributed by atoms with E-state index in [1.54, 1.807) is 35.3 Å². The molecule has 0 aliphatic heterocycles. The van der Waals surface area contributed by atoms with Crippen molar-refractivity contribution in [2.75, 3.05) is 5.32 Å². The largest absolute Gasteiger partial charge is 0.434 e. The normalized spacial score (nSPS) is 18.9. The Kier molecular flexibility index (Phi) is 5.34. The first-order valence-electron chi connectivity index (χ1n) is 9.33. The van der Waals surface area contributed by atoms with Gasteiger partial charge in [0, 0.05) is 30.7 Å². The average Bonchev–Trinajstić information content (AvgIpc) is 3.40. The van der Waals surface area contributed by atoms with Gasteiger partial charge in [0.1, 0.15) is 5.82 Å². The number of hydrogen-bond donors (Lipinski definition) is 2. The summed E-state index contributed by atoms with van der Waals surface area (Å²) in [6.07, 6.45) is 4.38. The quantitative estimate of drug-likeness (QED) is 0.663. The third-order valence-corrected chi connectivity index (χ3v) is 4.86. The molecule has 3 heterocycles. The van der Waals surface area contributed by atoms with Gasteiger partial charge in [0.2, 0.25) is 0 Å². The molecule has 2 atom stereocenters. The lowest BCUT2D eigenvalue weighted by Crippen LogP contribution is -2.44. The van der Waals surface area contributed by atoms with Crippen LogP contribution in [0.1, 0.15) is 35.4 Å². The summed E-state index contributed by atoms with van der Waals surface area (Å²) in [4.78, 5) is 24.3. The summed E-state index contributed by atoms with van der Waals surface area (Å²) >= 11 is 0. The summed E-state index contributed by atoms with van der Waals surface area (Å²) in [7, 11) is 0. The van der Waals surface area contributed by atoms with Crippen molar-refractivity contribution in [1.82, 2.24) is 30.0 Å². The fraction of sp³-hybridized carbons (Fsp3) is 0.316. The Morgan fingerprint density at radius 3 is 2.60 bits per heavy atom. The number of anilines is 1. The SMILES string of the molecule is O=C(NC1CCC[C@@H]1Nc1cnc(C(F)(F)F)cn1)c1ncccc1-n1cccn1. The molecule has 8 nitrogen and oxygen atoms in total. The van der Waals surface area contributed by atoms with Crippen LogP contribution in [0.2, 0.25) is 0 Å². The monoisotopic (exact) mass is 417 g/mol. The fourth-order valence-corrected chi connectivity index (χ4v) is 3.45. The number of aromatic nitrogens is 5. The summed E-state index contributed by atoms with van der Waals surface area (Å²) in [6.45, 7) is 0. The highest BCUT2D eigenvalue weighted by atomic mass is 19.4. The lowest BCUT2D eigenvalue weighted by atomic mass is 10.1. The molecule has 0 radical (unpaired) electrons. The third kappa shape index (κ3) is 4.24. The van der Waals surface area contributed by atoms with Crippen molar-refractivity contribution < 1.29 is 18.0 Å². The zero-order valence-corrected chi connectivity index (χ0v) is 15.7. The summed E-state index contributed by atoms with van der Waals surface area (Å²) in [5, 5.41) is 10.2. The van der Waals surface area contributed by atoms with E-state index >= 15 is 0 Å². The number of rotatable bonds is 5. The van der Waals surface area contributed by atoms with E-state index in [0.717, 1.165) is 25.5 Å². The fourth-order valence-electron chi connectivity index (χ4n) is 3.45. The van der Waals surface area contributed by atoms with Crippen LogP contribution in [-0.2, 0) is 6.18 Å². The summed E-state index contributed by atoms with van der Waals surface area (Å²) in [5.41, 5.74) is -0.261. The molecule has 1 fully saturated rings. The van der Waals surface area contributed by atoms with E-state index < -0.39 is 11.9 Å². The second-order valence-electron chi connectivity index (χ2n) is 6.87. The molecule has 1 aliphatic rings. The number of nitrogens with one attached hydrogen (secondary N) is 2. The van der Waals surface area contributed by atoms with E-state index in [9.17, 15) is 18.0 Å².